The first-order valence-electron chi connectivity index (χ1n) is 5.96. The predicted molar refractivity (Wildman–Crippen MR) is 72.2 cm³/mol. The van der Waals surface area contributed by atoms with Crippen molar-refractivity contribution in [3.63, 3.8) is 0 Å². The molecule has 0 bridgehead atoms. The van der Waals surface area contributed by atoms with Crippen LogP contribution >= 0.6 is 0 Å². The van der Waals surface area contributed by atoms with Gasteiger partial charge in [-0.25, -0.2) is 9.78 Å². The van der Waals surface area contributed by atoms with E-state index in [0.29, 0.717) is 12.1 Å². The minimum Gasteiger partial charge on any atom is -0.478 e. The van der Waals surface area contributed by atoms with Crippen LogP contribution in [0.25, 0.3) is 11.0 Å². The molecule has 0 amide bonds. The van der Waals surface area contributed by atoms with Crippen molar-refractivity contribution in [2.45, 2.75) is 6.54 Å². The Morgan fingerprint density at radius 3 is 2.58 bits per heavy atom. The number of carboxylic acids is 1. The van der Waals surface area contributed by atoms with Crippen molar-refractivity contribution in [1.29, 1.82) is 0 Å². The van der Waals surface area contributed by atoms with Gasteiger partial charge in [-0.2, -0.15) is 0 Å². The SMILES string of the molecule is O=C(O)c1ccc(Cn2cnc3ccccc32)cc1. The van der Waals surface area contributed by atoms with Gasteiger partial charge in [-0.15, -0.1) is 0 Å². The lowest BCUT2D eigenvalue weighted by molar-refractivity contribution is 0.0697. The Balaban J connectivity index is 1.90. The maximum atomic E-state index is 10.8. The Morgan fingerprint density at radius 1 is 1.11 bits per heavy atom. The van der Waals surface area contributed by atoms with Gasteiger partial charge < -0.3 is 9.67 Å². The van der Waals surface area contributed by atoms with Gasteiger partial charge in [-0.1, -0.05) is 24.3 Å². The number of nitrogens with zero attached hydrogens (tertiary/aromatic N) is 2. The Kier molecular flexibility index (Phi) is 2.76. The number of fused-ring (bicyclic) bond motifs is 1. The molecule has 0 spiro atoms. The van der Waals surface area contributed by atoms with E-state index in [-0.39, 0.29) is 0 Å². The van der Waals surface area contributed by atoms with Gasteiger partial charge >= 0.3 is 5.97 Å². The number of aromatic carboxylic acids is 1. The Labute approximate surface area is 109 Å². The molecule has 0 saturated carbocycles. The number of carboxylic acid groups (broad SMARTS) is 1. The molecule has 0 unspecified atom stereocenters. The van der Waals surface area contributed by atoms with Gasteiger partial charge in [-0.3, -0.25) is 0 Å². The number of hydrogen-bond donors (Lipinski definition) is 1. The second-order valence-electron chi connectivity index (χ2n) is 4.36. The lowest BCUT2D eigenvalue weighted by atomic mass is 10.1. The Bertz CT molecular complexity index is 729. The number of rotatable bonds is 3. The first kappa shape index (κ1) is 11.5. The number of aromatic nitrogens is 2. The number of imidazole rings is 1. The predicted octanol–water partition coefficient (Wildman–Crippen LogP) is 2.78. The highest BCUT2D eigenvalue weighted by Crippen LogP contribution is 2.14. The first-order valence-corrected chi connectivity index (χ1v) is 5.96. The largest absolute Gasteiger partial charge is 0.478 e. The molecule has 0 saturated heterocycles. The van der Waals surface area contributed by atoms with E-state index in [1.807, 2.05) is 41.0 Å². The smallest absolute Gasteiger partial charge is 0.335 e. The number of hydrogen-bond acceptors (Lipinski definition) is 2. The van der Waals surface area contributed by atoms with Gasteiger partial charge in [0, 0.05) is 6.54 Å². The quantitative estimate of drug-likeness (QED) is 0.779. The summed E-state index contributed by atoms with van der Waals surface area (Å²) in [5.74, 6) is -0.903. The molecule has 0 aliphatic carbocycles. The molecule has 94 valence electrons. The number of carbonyl (C=O) groups is 1. The molecule has 3 aromatic rings. The van der Waals surface area contributed by atoms with E-state index in [1.165, 1.54) is 0 Å². The van der Waals surface area contributed by atoms with E-state index in [1.54, 1.807) is 18.5 Å². The maximum absolute atomic E-state index is 10.8. The molecule has 0 fully saturated rings. The standard InChI is InChI=1S/C15H12N2O2/c18-15(19)12-7-5-11(6-8-12)9-17-10-16-13-3-1-2-4-14(13)17/h1-8,10H,9H2,(H,18,19). The second-order valence-corrected chi connectivity index (χ2v) is 4.36. The van der Waals surface area contributed by atoms with Crippen LogP contribution in [0.5, 0.6) is 0 Å². The summed E-state index contributed by atoms with van der Waals surface area (Å²) < 4.78 is 2.05. The van der Waals surface area contributed by atoms with E-state index in [4.69, 9.17) is 5.11 Å². The highest BCUT2D eigenvalue weighted by atomic mass is 16.4. The average Bonchev–Trinajstić information content (AvgIpc) is 2.83. The van der Waals surface area contributed by atoms with E-state index < -0.39 is 5.97 Å². The zero-order valence-electron chi connectivity index (χ0n) is 10.2. The molecular formula is C15H12N2O2. The average molecular weight is 252 g/mol. The highest BCUT2D eigenvalue weighted by Gasteiger charge is 2.04. The van der Waals surface area contributed by atoms with Crippen LogP contribution in [0.3, 0.4) is 0 Å². The fourth-order valence-electron chi connectivity index (χ4n) is 2.09. The van der Waals surface area contributed by atoms with Crippen molar-refractivity contribution < 1.29 is 9.90 Å². The van der Waals surface area contributed by atoms with Crippen LogP contribution < -0.4 is 0 Å². The molecule has 1 N–H and O–H groups in total. The lowest BCUT2D eigenvalue weighted by Crippen LogP contribution is -2.00. The minimum atomic E-state index is -0.903. The van der Waals surface area contributed by atoms with Crippen molar-refractivity contribution in [3.8, 4) is 0 Å². The van der Waals surface area contributed by atoms with Gasteiger partial charge in [0.25, 0.3) is 0 Å². The zero-order valence-corrected chi connectivity index (χ0v) is 10.2. The summed E-state index contributed by atoms with van der Waals surface area (Å²) in [5.41, 5.74) is 3.39. The molecule has 3 rings (SSSR count). The molecule has 1 aromatic heterocycles. The molecular weight excluding hydrogens is 240 g/mol. The Hall–Kier alpha value is -2.62. The van der Waals surface area contributed by atoms with Gasteiger partial charge in [0.05, 0.1) is 22.9 Å². The molecule has 4 heteroatoms. The summed E-state index contributed by atoms with van der Waals surface area (Å²) in [6.45, 7) is 0.681. The third kappa shape index (κ3) is 2.20. The third-order valence-corrected chi connectivity index (χ3v) is 3.08. The summed E-state index contributed by atoms with van der Waals surface area (Å²) in [6, 6.07) is 14.8. The summed E-state index contributed by atoms with van der Waals surface area (Å²) in [6.07, 6.45) is 1.80. The van der Waals surface area contributed by atoms with Crippen molar-refractivity contribution in [2.75, 3.05) is 0 Å². The zero-order chi connectivity index (χ0) is 13.2. The monoisotopic (exact) mass is 252 g/mol. The van der Waals surface area contributed by atoms with Crippen molar-refractivity contribution in [3.05, 3.63) is 66.0 Å². The minimum absolute atomic E-state index is 0.305. The molecule has 1 heterocycles. The topological polar surface area (TPSA) is 55.1 Å². The molecule has 19 heavy (non-hydrogen) atoms. The van der Waals surface area contributed by atoms with Crippen LogP contribution in [0.15, 0.2) is 54.9 Å². The number of benzene rings is 2. The summed E-state index contributed by atoms with van der Waals surface area (Å²) in [4.78, 5) is 15.1. The van der Waals surface area contributed by atoms with Crippen LogP contribution in [0.4, 0.5) is 0 Å². The number of para-hydroxylation sites is 2. The van der Waals surface area contributed by atoms with Crippen molar-refractivity contribution >= 4 is 17.0 Å². The molecule has 0 atom stereocenters. The normalized spacial score (nSPS) is 10.7. The van der Waals surface area contributed by atoms with E-state index >= 15 is 0 Å². The van der Waals surface area contributed by atoms with Gasteiger partial charge in [0.1, 0.15) is 0 Å². The summed E-state index contributed by atoms with van der Waals surface area (Å²) in [7, 11) is 0. The lowest BCUT2D eigenvalue weighted by Gasteiger charge is -2.05. The van der Waals surface area contributed by atoms with Crippen LogP contribution in [0.1, 0.15) is 15.9 Å². The molecule has 0 radical (unpaired) electrons. The molecule has 0 aliphatic heterocycles. The van der Waals surface area contributed by atoms with Crippen molar-refractivity contribution in [1.82, 2.24) is 9.55 Å². The second kappa shape index (κ2) is 4.57. The molecule has 0 aliphatic rings. The van der Waals surface area contributed by atoms with Crippen LogP contribution in [-0.2, 0) is 6.54 Å². The highest BCUT2D eigenvalue weighted by molar-refractivity contribution is 5.87. The maximum Gasteiger partial charge on any atom is 0.335 e. The van der Waals surface area contributed by atoms with Gasteiger partial charge in [0.15, 0.2) is 0 Å². The fourth-order valence-corrected chi connectivity index (χ4v) is 2.09. The fraction of sp³-hybridized carbons (Fsp3) is 0.0667. The van der Waals surface area contributed by atoms with E-state index in [2.05, 4.69) is 4.98 Å². The summed E-state index contributed by atoms with van der Waals surface area (Å²) >= 11 is 0. The van der Waals surface area contributed by atoms with Gasteiger partial charge in [-0.05, 0) is 29.8 Å². The van der Waals surface area contributed by atoms with Crippen LogP contribution in [-0.4, -0.2) is 20.6 Å². The molecule has 2 aromatic carbocycles. The first-order chi connectivity index (χ1) is 9.24. The Morgan fingerprint density at radius 2 is 1.84 bits per heavy atom. The van der Waals surface area contributed by atoms with E-state index in [0.717, 1.165) is 16.6 Å². The van der Waals surface area contributed by atoms with Crippen LogP contribution in [0.2, 0.25) is 0 Å². The molecule has 4 nitrogen and oxygen atoms in total. The van der Waals surface area contributed by atoms with Gasteiger partial charge in [0.2, 0.25) is 0 Å². The summed E-state index contributed by atoms with van der Waals surface area (Å²) in [5, 5.41) is 8.86. The van der Waals surface area contributed by atoms with Crippen LogP contribution in [0, 0.1) is 0 Å². The van der Waals surface area contributed by atoms with E-state index in [9.17, 15) is 4.79 Å². The van der Waals surface area contributed by atoms with Crippen molar-refractivity contribution in [2.24, 2.45) is 0 Å². The third-order valence-electron chi connectivity index (χ3n) is 3.08.